The molecule has 0 unspecified atom stereocenters. The second kappa shape index (κ2) is 3.46. The molecule has 66 valence electrons. The Bertz CT molecular complexity index is 128. The minimum Gasteiger partial charge on any atom is -0.394 e. The van der Waals surface area contributed by atoms with Gasteiger partial charge in [-0.05, 0) is 0 Å². The van der Waals surface area contributed by atoms with Crippen LogP contribution in [0.25, 0.3) is 0 Å². The molecule has 0 aromatic heterocycles. The van der Waals surface area contributed by atoms with Crippen molar-refractivity contribution in [2.75, 3.05) is 13.2 Å². The molecule has 0 bridgehead atoms. The summed E-state index contributed by atoms with van der Waals surface area (Å²) in [5, 5.41) is 35.5. The summed E-state index contributed by atoms with van der Waals surface area (Å²) in [6.07, 6.45) is -4.05. The van der Waals surface area contributed by atoms with E-state index in [1.165, 1.54) is 0 Å². The van der Waals surface area contributed by atoms with Crippen LogP contribution in [0.1, 0.15) is 0 Å². The molecule has 0 radical (unpaired) electrons. The van der Waals surface area contributed by atoms with Gasteiger partial charge in [-0.15, -0.1) is 0 Å². The summed E-state index contributed by atoms with van der Waals surface area (Å²) >= 11 is 0. The highest BCUT2D eigenvalue weighted by molar-refractivity contribution is 4.87. The number of ether oxygens (including phenoxy) is 1. The van der Waals surface area contributed by atoms with Gasteiger partial charge in [-0.25, -0.2) is 0 Å². The first-order valence-corrected chi connectivity index (χ1v) is 3.43. The Kier molecular flexibility index (Phi) is 2.80. The van der Waals surface area contributed by atoms with Gasteiger partial charge in [-0.2, -0.15) is 0 Å². The first kappa shape index (κ1) is 8.89. The minimum atomic E-state index is -1.12. The fourth-order valence-electron chi connectivity index (χ4n) is 1.07. The maximum atomic E-state index is 9.11. The third-order valence-corrected chi connectivity index (χ3v) is 1.76. The maximum Gasteiger partial charge on any atom is 0.114 e. The second-order valence-electron chi connectivity index (χ2n) is 2.61. The van der Waals surface area contributed by atoms with Gasteiger partial charge in [0.15, 0.2) is 0 Å². The number of aliphatic hydroxyl groups excluding tert-OH is 4. The van der Waals surface area contributed by atoms with Crippen LogP contribution in [-0.4, -0.2) is 58.1 Å². The zero-order chi connectivity index (χ0) is 8.43. The standard InChI is InChI=1S/C6H12O5/c7-1-3(8)6-5(10)4(9)2-11-6/h3-10H,1-2H2/t3-,4-,5+,6-/m1/s1. The summed E-state index contributed by atoms with van der Waals surface area (Å²) in [6, 6.07) is 0. The monoisotopic (exact) mass is 164 g/mol. The maximum absolute atomic E-state index is 9.11. The zero-order valence-electron chi connectivity index (χ0n) is 5.92. The molecule has 1 heterocycles. The fraction of sp³-hybridized carbons (Fsp3) is 1.00. The lowest BCUT2D eigenvalue weighted by Gasteiger charge is -2.18. The van der Waals surface area contributed by atoms with E-state index in [4.69, 9.17) is 25.2 Å². The first-order chi connectivity index (χ1) is 5.16. The highest BCUT2D eigenvalue weighted by Gasteiger charge is 2.38. The van der Waals surface area contributed by atoms with Crippen LogP contribution in [0.3, 0.4) is 0 Å². The van der Waals surface area contributed by atoms with Crippen molar-refractivity contribution in [2.45, 2.75) is 24.4 Å². The van der Waals surface area contributed by atoms with E-state index < -0.39 is 31.0 Å². The van der Waals surface area contributed by atoms with Crippen LogP contribution in [0.15, 0.2) is 0 Å². The van der Waals surface area contributed by atoms with Crippen LogP contribution >= 0.6 is 0 Å². The molecule has 1 saturated heterocycles. The Hall–Kier alpha value is -0.200. The molecule has 0 aromatic carbocycles. The Morgan fingerprint density at radius 1 is 1.45 bits per heavy atom. The average molecular weight is 164 g/mol. The summed E-state index contributed by atoms with van der Waals surface area (Å²) < 4.78 is 4.82. The van der Waals surface area contributed by atoms with Crippen LogP contribution in [-0.2, 0) is 4.74 Å². The molecule has 0 saturated carbocycles. The van der Waals surface area contributed by atoms with Gasteiger partial charge in [-0.3, -0.25) is 0 Å². The van der Waals surface area contributed by atoms with E-state index in [1.54, 1.807) is 0 Å². The van der Waals surface area contributed by atoms with Crippen molar-refractivity contribution in [3.63, 3.8) is 0 Å². The van der Waals surface area contributed by atoms with Crippen LogP contribution in [0.4, 0.5) is 0 Å². The molecule has 0 aliphatic carbocycles. The largest absolute Gasteiger partial charge is 0.394 e. The number of hydrogen-bond acceptors (Lipinski definition) is 5. The number of rotatable bonds is 2. The van der Waals surface area contributed by atoms with Crippen molar-refractivity contribution in [3.8, 4) is 0 Å². The van der Waals surface area contributed by atoms with E-state index in [2.05, 4.69) is 0 Å². The predicted molar refractivity (Wildman–Crippen MR) is 34.8 cm³/mol. The van der Waals surface area contributed by atoms with E-state index in [-0.39, 0.29) is 6.61 Å². The van der Waals surface area contributed by atoms with Gasteiger partial charge in [0.25, 0.3) is 0 Å². The Labute approximate surface area is 63.8 Å². The highest BCUT2D eigenvalue weighted by Crippen LogP contribution is 2.16. The zero-order valence-corrected chi connectivity index (χ0v) is 5.92. The van der Waals surface area contributed by atoms with Gasteiger partial charge in [0.1, 0.15) is 24.4 Å². The van der Waals surface area contributed by atoms with E-state index in [0.717, 1.165) is 0 Å². The van der Waals surface area contributed by atoms with E-state index in [9.17, 15) is 0 Å². The van der Waals surface area contributed by atoms with Crippen LogP contribution < -0.4 is 0 Å². The minimum absolute atomic E-state index is 0.00287. The molecule has 0 spiro atoms. The lowest BCUT2D eigenvalue weighted by Crippen LogP contribution is -2.40. The van der Waals surface area contributed by atoms with Gasteiger partial charge in [0, 0.05) is 0 Å². The highest BCUT2D eigenvalue weighted by atomic mass is 16.5. The van der Waals surface area contributed by atoms with Crippen molar-refractivity contribution in [1.29, 1.82) is 0 Å². The molecular weight excluding hydrogens is 152 g/mol. The lowest BCUT2D eigenvalue weighted by molar-refractivity contribution is -0.0684. The molecule has 11 heavy (non-hydrogen) atoms. The van der Waals surface area contributed by atoms with Crippen molar-refractivity contribution in [3.05, 3.63) is 0 Å². The molecule has 1 rings (SSSR count). The normalized spacial score (nSPS) is 40.9. The second-order valence-corrected chi connectivity index (χ2v) is 2.61. The van der Waals surface area contributed by atoms with Gasteiger partial charge in [-0.1, -0.05) is 0 Å². The average Bonchev–Trinajstić information content (AvgIpc) is 2.32. The third-order valence-electron chi connectivity index (χ3n) is 1.76. The SMILES string of the molecule is OC[C@@H](O)[C@H]1OC[C@@H](O)[C@@H]1O. The molecule has 0 amide bonds. The number of aliphatic hydroxyl groups is 4. The van der Waals surface area contributed by atoms with E-state index in [1.807, 2.05) is 0 Å². The third kappa shape index (κ3) is 1.69. The van der Waals surface area contributed by atoms with Crippen molar-refractivity contribution >= 4 is 0 Å². The molecule has 4 atom stereocenters. The smallest absolute Gasteiger partial charge is 0.114 e. The van der Waals surface area contributed by atoms with Crippen molar-refractivity contribution < 1.29 is 25.2 Å². The molecule has 5 heteroatoms. The van der Waals surface area contributed by atoms with E-state index in [0.29, 0.717) is 0 Å². The quantitative estimate of drug-likeness (QED) is 0.361. The molecule has 5 nitrogen and oxygen atoms in total. The van der Waals surface area contributed by atoms with Gasteiger partial charge >= 0.3 is 0 Å². The Balaban J connectivity index is 2.47. The predicted octanol–water partition coefficient (Wildman–Crippen LogP) is -2.54. The van der Waals surface area contributed by atoms with Gasteiger partial charge < -0.3 is 25.2 Å². The lowest BCUT2D eigenvalue weighted by atomic mass is 10.1. The van der Waals surface area contributed by atoms with E-state index >= 15 is 0 Å². The summed E-state index contributed by atoms with van der Waals surface area (Å²) in [4.78, 5) is 0. The summed E-state index contributed by atoms with van der Waals surface area (Å²) in [5.41, 5.74) is 0. The Morgan fingerprint density at radius 2 is 2.09 bits per heavy atom. The first-order valence-electron chi connectivity index (χ1n) is 3.43. The topological polar surface area (TPSA) is 90.2 Å². The Morgan fingerprint density at radius 3 is 2.45 bits per heavy atom. The van der Waals surface area contributed by atoms with Crippen molar-refractivity contribution in [2.24, 2.45) is 0 Å². The fourth-order valence-corrected chi connectivity index (χ4v) is 1.07. The summed E-state index contributed by atoms with van der Waals surface area (Å²) in [7, 11) is 0. The van der Waals surface area contributed by atoms with Crippen LogP contribution in [0.5, 0.6) is 0 Å². The molecular formula is C6H12O5. The van der Waals surface area contributed by atoms with Crippen LogP contribution in [0, 0.1) is 0 Å². The number of hydrogen-bond donors (Lipinski definition) is 4. The molecule has 0 aromatic rings. The van der Waals surface area contributed by atoms with Crippen LogP contribution in [0.2, 0.25) is 0 Å². The molecule has 4 N–H and O–H groups in total. The summed E-state index contributed by atoms with van der Waals surface area (Å²) in [6.45, 7) is -0.475. The van der Waals surface area contributed by atoms with Gasteiger partial charge in [0.2, 0.25) is 0 Å². The molecule has 1 fully saturated rings. The van der Waals surface area contributed by atoms with Gasteiger partial charge in [0.05, 0.1) is 13.2 Å². The summed E-state index contributed by atoms with van der Waals surface area (Å²) in [5.74, 6) is 0. The molecule has 1 aliphatic rings. The van der Waals surface area contributed by atoms with Crippen molar-refractivity contribution in [1.82, 2.24) is 0 Å². The molecule has 1 aliphatic heterocycles.